The molecule has 2 rings (SSSR count). The second-order valence-corrected chi connectivity index (χ2v) is 6.66. The fourth-order valence-corrected chi connectivity index (χ4v) is 3.02. The van der Waals surface area contributed by atoms with Crippen LogP contribution in [0.15, 0.2) is 53.4 Å². The Bertz CT molecular complexity index is 679. The van der Waals surface area contributed by atoms with Gasteiger partial charge in [-0.2, -0.15) is 13.2 Å². The lowest BCUT2D eigenvalue weighted by atomic mass is 10.1. The van der Waals surface area contributed by atoms with Crippen molar-refractivity contribution < 1.29 is 22.7 Å². The molecule has 6 heteroatoms. The normalized spacial score (nSPS) is 11.4. The van der Waals surface area contributed by atoms with Gasteiger partial charge in [-0.3, -0.25) is 0 Å². The number of alkyl halides is 3. The number of hydrogen-bond acceptors (Lipinski definition) is 3. The van der Waals surface area contributed by atoms with Gasteiger partial charge < -0.3 is 4.74 Å². The number of hydrogen-bond donors (Lipinski definition) is 0. The lowest BCUT2D eigenvalue weighted by Gasteiger charge is -2.08. The third-order valence-corrected chi connectivity index (χ3v) is 4.60. The predicted octanol–water partition coefficient (Wildman–Crippen LogP) is 6.21. The Morgan fingerprint density at radius 2 is 1.64 bits per heavy atom. The Labute approximate surface area is 149 Å². The second-order valence-electron chi connectivity index (χ2n) is 5.49. The van der Waals surface area contributed by atoms with Crippen LogP contribution in [-0.2, 0) is 6.18 Å². The number of thioether (sulfide) groups is 1. The zero-order valence-electron chi connectivity index (χ0n) is 13.8. The summed E-state index contributed by atoms with van der Waals surface area (Å²) in [6.07, 6.45) is -0.881. The number of rotatable bonds is 7. The summed E-state index contributed by atoms with van der Waals surface area (Å²) >= 11 is 1.74. The molecule has 0 fully saturated rings. The molecule has 0 aromatic heterocycles. The molecule has 0 heterocycles. The van der Waals surface area contributed by atoms with Gasteiger partial charge in [0.15, 0.2) is 0 Å². The summed E-state index contributed by atoms with van der Waals surface area (Å²) in [5.41, 5.74) is -0.723. The number of halogens is 3. The minimum atomic E-state index is -4.42. The first-order chi connectivity index (χ1) is 11.9. The molecule has 0 aliphatic carbocycles. The van der Waals surface area contributed by atoms with Gasteiger partial charge in [-0.1, -0.05) is 19.8 Å². The maximum absolute atomic E-state index is 12.5. The summed E-state index contributed by atoms with van der Waals surface area (Å²) in [7, 11) is 0. The molecule has 25 heavy (non-hydrogen) atoms. The fourth-order valence-electron chi connectivity index (χ4n) is 2.11. The molecule has 0 saturated carbocycles. The quantitative estimate of drug-likeness (QED) is 0.252. The van der Waals surface area contributed by atoms with E-state index in [0.29, 0.717) is 5.75 Å². The van der Waals surface area contributed by atoms with Crippen LogP contribution in [0.25, 0.3) is 0 Å². The number of carbonyl (C=O) groups excluding carboxylic acids is 1. The first-order valence-electron chi connectivity index (χ1n) is 8.02. The van der Waals surface area contributed by atoms with Gasteiger partial charge in [0.05, 0.1) is 11.1 Å². The van der Waals surface area contributed by atoms with Gasteiger partial charge in [-0.15, -0.1) is 11.8 Å². The Balaban J connectivity index is 1.92. The van der Waals surface area contributed by atoms with Crippen LogP contribution < -0.4 is 4.74 Å². The molecule has 0 spiro atoms. The molecule has 2 aromatic rings. The van der Waals surface area contributed by atoms with Gasteiger partial charge in [-0.05, 0) is 60.7 Å². The van der Waals surface area contributed by atoms with Gasteiger partial charge in [0.2, 0.25) is 0 Å². The molecular weight excluding hydrogens is 349 g/mol. The van der Waals surface area contributed by atoms with E-state index in [1.807, 2.05) is 12.1 Å². The van der Waals surface area contributed by atoms with E-state index < -0.39 is 17.7 Å². The molecule has 134 valence electrons. The van der Waals surface area contributed by atoms with Crippen molar-refractivity contribution in [1.82, 2.24) is 0 Å². The van der Waals surface area contributed by atoms with Gasteiger partial charge in [0.1, 0.15) is 5.75 Å². The number of benzene rings is 2. The molecule has 0 N–H and O–H groups in total. The van der Waals surface area contributed by atoms with Gasteiger partial charge in [-0.25, -0.2) is 4.79 Å². The molecule has 2 nitrogen and oxygen atoms in total. The standard InChI is InChI=1S/C19H19F3O2S/c1-2-3-4-13-25-17-11-9-16(10-12-17)24-18(23)14-5-7-15(8-6-14)19(20,21)22/h5-12H,2-4,13H2,1H3. The first kappa shape index (κ1) is 19.4. The predicted molar refractivity (Wildman–Crippen MR) is 93.1 cm³/mol. The van der Waals surface area contributed by atoms with Crippen molar-refractivity contribution in [2.75, 3.05) is 5.75 Å². The lowest BCUT2D eigenvalue weighted by Crippen LogP contribution is -2.10. The zero-order valence-corrected chi connectivity index (χ0v) is 14.6. The minimum Gasteiger partial charge on any atom is -0.423 e. The van der Waals surface area contributed by atoms with Crippen LogP contribution in [0, 0.1) is 0 Å². The van der Waals surface area contributed by atoms with Crippen molar-refractivity contribution in [1.29, 1.82) is 0 Å². The van der Waals surface area contributed by atoms with Crippen molar-refractivity contribution in [3.63, 3.8) is 0 Å². The Morgan fingerprint density at radius 1 is 1.00 bits per heavy atom. The molecule has 0 saturated heterocycles. The van der Waals surface area contributed by atoms with Crippen LogP contribution in [0.1, 0.15) is 42.1 Å². The van der Waals surface area contributed by atoms with E-state index in [9.17, 15) is 18.0 Å². The average Bonchev–Trinajstić information content (AvgIpc) is 2.59. The van der Waals surface area contributed by atoms with E-state index in [0.717, 1.165) is 41.3 Å². The minimum absolute atomic E-state index is 0.0750. The topological polar surface area (TPSA) is 26.3 Å². The molecule has 0 unspecified atom stereocenters. The molecule has 0 amide bonds. The van der Waals surface area contributed by atoms with Crippen LogP contribution in [0.5, 0.6) is 5.75 Å². The Hall–Kier alpha value is -1.95. The highest BCUT2D eigenvalue weighted by atomic mass is 32.2. The third-order valence-electron chi connectivity index (χ3n) is 3.50. The van der Waals surface area contributed by atoms with Gasteiger partial charge >= 0.3 is 12.1 Å². The summed E-state index contributed by atoms with van der Waals surface area (Å²) in [6, 6.07) is 11.1. The summed E-state index contributed by atoms with van der Waals surface area (Å²) in [5, 5.41) is 0. The van der Waals surface area contributed by atoms with Crippen LogP contribution in [0.3, 0.4) is 0 Å². The lowest BCUT2D eigenvalue weighted by molar-refractivity contribution is -0.137. The SMILES string of the molecule is CCCCCSc1ccc(OC(=O)c2ccc(C(F)(F)F)cc2)cc1. The molecule has 0 atom stereocenters. The van der Waals surface area contributed by atoms with E-state index in [1.165, 1.54) is 12.8 Å². The van der Waals surface area contributed by atoms with E-state index in [1.54, 1.807) is 23.9 Å². The molecular formula is C19H19F3O2S. The van der Waals surface area contributed by atoms with Crippen molar-refractivity contribution in [3.8, 4) is 5.75 Å². The van der Waals surface area contributed by atoms with E-state index >= 15 is 0 Å². The summed E-state index contributed by atoms with van der Waals surface area (Å²) < 4.78 is 42.8. The summed E-state index contributed by atoms with van der Waals surface area (Å²) in [5.74, 6) is 0.721. The number of ether oxygens (including phenoxy) is 1. The third kappa shape index (κ3) is 6.12. The van der Waals surface area contributed by atoms with E-state index in [4.69, 9.17) is 4.74 Å². The largest absolute Gasteiger partial charge is 0.423 e. The van der Waals surface area contributed by atoms with E-state index in [-0.39, 0.29) is 5.56 Å². The van der Waals surface area contributed by atoms with Crippen LogP contribution >= 0.6 is 11.8 Å². The monoisotopic (exact) mass is 368 g/mol. The maximum atomic E-state index is 12.5. The summed E-state index contributed by atoms with van der Waals surface area (Å²) in [4.78, 5) is 13.1. The Morgan fingerprint density at radius 3 is 2.20 bits per heavy atom. The number of esters is 1. The fraction of sp³-hybridized carbons (Fsp3) is 0.316. The van der Waals surface area contributed by atoms with Crippen molar-refractivity contribution in [2.24, 2.45) is 0 Å². The molecule has 0 aliphatic heterocycles. The Kier molecular flexibility index (Phi) is 6.93. The van der Waals surface area contributed by atoms with Crippen LogP contribution in [0.4, 0.5) is 13.2 Å². The average molecular weight is 368 g/mol. The van der Waals surface area contributed by atoms with Crippen molar-refractivity contribution in [2.45, 2.75) is 37.3 Å². The van der Waals surface area contributed by atoms with Gasteiger partial charge in [0, 0.05) is 4.90 Å². The molecule has 0 radical (unpaired) electrons. The van der Waals surface area contributed by atoms with E-state index in [2.05, 4.69) is 6.92 Å². The van der Waals surface area contributed by atoms with Crippen molar-refractivity contribution in [3.05, 3.63) is 59.7 Å². The van der Waals surface area contributed by atoms with Gasteiger partial charge in [0.25, 0.3) is 0 Å². The zero-order chi connectivity index (χ0) is 18.3. The smallest absolute Gasteiger partial charge is 0.416 e. The maximum Gasteiger partial charge on any atom is 0.416 e. The molecule has 0 bridgehead atoms. The molecule has 0 aliphatic rings. The number of carbonyl (C=O) groups is 1. The van der Waals surface area contributed by atoms with Crippen LogP contribution in [0.2, 0.25) is 0 Å². The van der Waals surface area contributed by atoms with Crippen LogP contribution in [-0.4, -0.2) is 11.7 Å². The number of unbranched alkanes of at least 4 members (excludes halogenated alkanes) is 2. The highest BCUT2D eigenvalue weighted by Crippen LogP contribution is 2.29. The molecule has 2 aromatic carbocycles. The van der Waals surface area contributed by atoms with Crippen molar-refractivity contribution >= 4 is 17.7 Å². The highest BCUT2D eigenvalue weighted by molar-refractivity contribution is 7.99. The highest BCUT2D eigenvalue weighted by Gasteiger charge is 2.30. The summed E-state index contributed by atoms with van der Waals surface area (Å²) in [6.45, 7) is 2.16. The second kappa shape index (κ2) is 8.94. The first-order valence-corrected chi connectivity index (χ1v) is 9.01.